The summed E-state index contributed by atoms with van der Waals surface area (Å²) in [5.74, 6) is 0.874. The molecule has 8 nitrogen and oxygen atoms in total. The number of aromatic nitrogens is 2. The maximum Gasteiger partial charge on any atom is 0.494 e. The Morgan fingerprint density at radius 2 is 1.66 bits per heavy atom. The molecule has 4 rings (SSSR count). The van der Waals surface area contributed by atoms with Crippen LogP contribution in [0.5, 0.6) is 0 Å². The molecule has 0 N–H and O–H groups in total. The van der Waals surface area contributed by atoms with E-state index in [0.29, 0.717) is 26.2 Å². The van der Waals surface area contributed by atoms with Gasteiger partial charge in [0.2, 0.25) is 0 Å². The molecule has 2 fully saturated rings. The minimum atomic E-state index is -0.494. The lowest BCUT2D eigenvalue weighted by Crippen LogP contribution is -2.50. The van der Waals surface area contributed by atoms with Crippen LogP contribution in [-0.2, 0) is 14.0 Å². The lowest BCUT2D eigenvalue weighted by molar-refractivity contribution is 0.00578. The number of ether oxygens (including phenoxy) is 1. The molecule has 1 aromatic carbocycles. The van der Waals surface area contributed by atoms with Gasteiger partial charge in [0.25, 0.3) is 0 Å². The molecule has 1 aromatic heterocycles. The number of anilines is 1. The van der Waals surface area contributed by atoms with Crippen LogP contribution < -0.4 is 10.4 Å². The van der Waals surface area contributed by atoms with Crippen LogP contribution in [-0.4, -0.2) is 71.1 Å². The summed E-state index contributed by atoms with van der Waals surface area (Å²) < 4.78 is 17.9. The summed E-state index contributed by atoms with van der Waals surface area (Å²) in [6.07, 6.45) is 1.32. The number of nitrogens with zero attached hydrogens (tertiary/aromatic N) is 4. The van der Waals surface area contributed by atoms with Crippen molar-refractivity contribution in [3.05, 3.63) is 24.5 Å². The maximum atomic E-state index is 12.4. The fourth-order valence-electron chi connectivity index (χ4n) is 3.86. The second-order valence-corrected chi connectivity index (χ2v) is 10.5. The second-order valence-electron chi connectivity index (χ2n) is 10.5. The molecule has 2 aromatic rings. The molecule has 2 aliphatic heterocycles. The molecule has 2 saturated heterocycles. The van der Waals surface area contributed by atoms with E-state index in [9.17, 15) is 4.79 Å². The Labute approximate surface area is 190 Å². The highest BCUT2D eigenvalue weighted by atomic mass is 16.7. The van der Waals surface area contributed by atoms with Crippen LogP contribution >= 0.6 is 0 Å². The van der Waals surface area contributed by atoms with E-state index in [1.54, 1.807) is 11.2 Å². The minimum Gasteiger partial charge on any atom is -0.444 e. The molecule has 1 amide bonds. The van der Waals surface area contributed by atoms with Crippen LogP contribution in [0.25, 0.3) is 10.9 Å². The Hall–Kier alpha value is -2.39. The van der Waals surface area contributed by atoms with Gasteiger partial charge in [-0.25, -0.2) is 14.8 Å². The molecule has 0 unspecified atom stereocenters. The zero-order chi connectivity index (χ0) is 23.3. The molecule has 0 bridgehead atoms. The van der Waals surface area contributed by atoms with Gasteiger partial charge in [0, 0.05) is 31.6 Å². The van der Waals surface area contributed by atoms with Crippen molar-refractivity contribution in [2.24, 2.45) is 0 Å². The van der Waals surface area contributed by atoms with Gasteiger partial charge in [-0.15, -0.1) is 0 Å². The molecule has 0 spiro atoms. The first-order valence-corrected chi connectivity index (χ1v) is 11.2. The van der Waals surface area contributed by atoms with Gasteiger partial charge < -0.3 is 23.8 Å². The number of carbonyl (C=O) groups excluding carboxylic acids is 1. The number of piperazine rings is 1. The monoisotopic (exact) mass is 440 g/mol. The number of amides is 1. The van der Waals surface area contributed by atoms with Crippen molar-refractivity contribution in [2.45, 2.75) is 65.3 Å². The number of hydrogen-bond acceptors (Lipinski definition) is 7. The minimum absolute atomic E-state index is 0.267. The van der Waals surface area contributed by atoms with Crippen molar-refractivity contribution in [1.29, 1.82) is 0 Å². The van der Waals surface area contributed by atoms with E-state index in [0.717, 1.165) is 22.2 Å². The topological polar surface area (TPSA) is 77.0 Å². The van der Waals surface area contributed by atoms with Crippen molar-refractivity contribution in [2.75, 3.05) is 31.1 Å². The summed E-state index contributed by atoms with van der Waals surface area (Å²) in [5, 5.41) is 0.971. The summed E-state index contributed by atoms with van der Waals surface area (Å²) in [7, 11) is -0.430. The van der Waals surface area contributed by atoms with Crippen molar-refractivity contribution < 1.29 is 18.8 Å². The van der Waals surface area contributed by atoms with Crippen LogP contribution in [0.2, 0.25) is 0 Å². The lowest BCUT2D eigenvalue weighted by Gasteiger charge is -2.36. The van der Waals surface area contributed by atoms with E-state index in [2.05, 4.69) is 14.9 Å². The molecule has 2 aliphatic rings. The third kappa shape index (κ3) is 4.41. The number of hydrogen-bond donors (Lipinski definition) is 0. The maximum absolute atomic E-state index is 12.4. The van der Waals surface area contributed by atoms with Crippen molar-refractivity contribution in [1.82, 2.24) is 14.9 Å². The fourth-order valence-corrected chi connectivity index (χ4v) is 3.86. The van der Waals surface area contributed by atoms with Crippen molar-refractivity contribution in [3.8, 4) is 0 Å². The van der Waals surface area contributed by atoms with E-state index >= 15 is 0 Å². The SMILES string of the molecule is CC(C)(C)OC(=O)N1CCN(c2ncnc3cc(B4OC(C)(C)C(C)(C)O4)ccc23)CC1. The Morgan fingerprint density at radius 3 is 2.25 bits per heavy atom. The van der Waals surface area contributed by atoms with Crippen LogP contribution in [0.3, 0.4) is 0 Å². The molecule has 32 heavy (non-hydrogen) atoms. The Morgan fingerprint density at radius 1 is 1.03 bits per heavy atom. The molecule has 0 saturated carbocycles. The highest BCUT2D eigenvalue weighted by Gasteiger charge is 2.51. The van der Waals surface area contributed by atoms with E-state index < -0.39 is 23.9 Å². The third-order valence-corrected chi connectivity index (χ3v) is 6.40. The van der Waals surface area contributed by atoms with Crippen LogP contribution in [0, 0.1) is 0 Å². The van der Waals surface area contributed by atoms with Gasteiger partial charge >= 0.3 is 13.2 Å². The van der Waals surface area contributed by atoms with E-state index in [4.69, 9.17) is 14.0 Å². The highest BCUT2D eigenvalue weighted by molar-refractivity contribution is 6.62. The molecular weight excluding hydrogens is 407 g/mol. The van der Waals surface area contributed by atoms with Crippen LogP contribution in [0.15, 0.2) is 24.5 Å². The quantitative estimate of drug-likeness (QED) is 0.665. The summed E-state index contributed by atoms with van der Waals surface area (Å²) in [6, 6.07) is 6.07. The molecule has 3 heterocycles. The Bertz CT molecular complexity index is 997. The zero-order valence-electron chi connectivity index (χ0n) is 20.1. The molecule has 9 heteroatoms. The lowest BCUT2D eigenvalue weighted by atomic mass is 9.79. The van der Waals surface area contributed by atoms with E-state index in [1.807, 2.05) is 66.7 Å². The summed E-state index contributed by atoms with van der Waals surface area (Å²) in [6.45, 7) is 16.4. The van der Waals surface area contributed by atoms with Gasteiger partial charge in [-0.1, -0.05) is 6.07 Å². The number of carbonyl (C=O) groups is 1. The third-order valence-electron chi connectivity index (χ3n) is 6.40. The first-order chi connectivity index (χ1) is 14.9. The summed E-state index contributed by atoms with van der Waals surface area (Å²) in [4.78, 5) is 25.3. The van der Waals surface area contributed by atoms with Gasteiger partial charge in [-0.2, -0.15) is 0 Å². The van der Waals surface area contributed by atoms with Gasteiger partial charge in [-0.3, -0.25) is 0 Å². The second kappa shape index (κ2) is 7.88. The predicted octanol–water partition coefficient (Wildman–Crippen LogP) is 2.99. The summed E-state index contributed by atoms with van der Waals surface area (Å²) in [5.41, 5.74) is 0.507. The predicted molar refractivity (Wildman–Crippen MR) is 125 cm³/mol. The molecule has 0 radical (unpaired) electrons. The van der Waals surface area contributed by atoms with Crippen LogP contribution in [0.1, 0.15) is 48.5 Å². The van der Waals surface area contributed by atoms with Gasteiger partial charge in [0.05, 0.1) is 16.7 Å². The summed E-state index contributed by atoms with van der Waals surface area (Å²) >= 11 is 0. The smallest absolute Gasteiger partial charge is 0.444 e. The Balaban J connectivity index is 1.50. The largest absolute Gasteiger partial charge is 0.494 e. The average molecular weight is 440 g/mol. The number of benzene rings is 1. The van der Waals surface area contributed by atoms with Crippen molar-refractivity contribution in [3.63, 3.8) is 0 Å². The highest BCUT2D eigenvalue weighted by Crippen LogP contribution is 2.36. The fraction of sp³-hybridized carbons (Fsp3) is 0.609. The average Bonchev–Trinajstić information content (AvgIpc) is 2.93. The van der Waals surface area contributed by atoms with Gasteiger partial charge in [0.1, 0.15) is 17.7 Å². The number of rotatable bonds is 2. The number of fused-ring (bicyclic) bond motifs is 1. The molecular formula is C23H33BN4O4. The van der Waals surface area contributed by atoms with E-state index in [1.165, 1.54) is 0 Å². The molecule has 172 valence electrons. The van der Waals surface area contributed by atoms with E-state index in [-0.39, 0.29) is 6.09 Å². The van der Waals surface area contributed by atoms with Gasteiger partial charge in [0.15, 0.2) is 0 Å². The normalized spacial score (nSPS) is 20.7. The first kappa shape index (κ1) is 22.8. The van der Waals surface area contributed by atoms with Gasteiger partial charge in [-0.05, 0) is 66.1 Å². The first-order valence-electron chi connectivity index (χ1n) is 11.2. The Kier molecular flexibility index (Phi) is 5.62. The van der Waals surface area contributed by atoms with Crippen molar-refractivity contribution >= 4 is 35.4 Å². The van der Waals surface area contributed by atoms with Crippen LogP contribution in [0.4, 0.5) is 10.6 Å². The zero-order valence-corrected chi connectivity index (χ0v) is 20.1. The molecule has 0 aliphatic carbocycles. The standard InChI is InChI=1S/C23H33BN4O4/c1-21(2,3)30-20(29)28-12-10-27(11-13-28)19-17-9-8-16(14-18(17)25-15-26-19)24-31-22(4,5)23(6,7)32-24/h8-9,14-15H,10-13H2,1-7H3. The molecule has 0 atom stereocenters.